The Hall–Kier alpha value is -1.57. The van der Waals surface area contributed by atoms with E-state index in [0.717, 1.165) is 19.3 Å². The van der Waals surface area contributed by atoms with E-state index in [1.807, 2.05) is 6.07 Å². The van der Waals surface area contributed by atoms with Gasteiger partial charge in [-0.05, 0) is 37.8 Å². The largest absolute Gasteiger partial charge is 0.361 e. The number of carbonyl (C=O) groups excluding carboxylic acids is 1. The predicted molar refractivity (Wildman–Crippen MR) is 66.5 cm³/mol. The first-order valence-corrected chi connectivity index (χ1v) is 5.82. The van der Waals surface area contributed by atoms with E-state index in [1.54, 1.807) is 6.92 Å². The second-order valence-corrected chi connectivity index (χ2v) is 4.27. The molecule has 0 spiro atoms. The zero-order valence-corrected chi connectivity index (χ0v) is 9.62. The normalized spacial score (nSPS) is 10.8. The Morgan fingerprint density at radius 1 is 1.25 bits per heavy atom. The van der Waals surface area contributed by atoms with Crippen LogP contribution in [0.2, 0.25) is 0 Å². The number of aromatic nitrogens is 1. The third kappa shape index (κ3) is 2.51. The number of H-pyrrole nitrogens is 1. The molecule has 1 heterocycles. The highest BCUT2D eigenvalue weighted by molar-refractivity contribution is 5.83. The summed E-state index contributed by atoms with van der Waals surface area (Å²) in [6.45, 7) is 1.66. The summed E-state index contributed by atoms with van der Waals surface area (Å²) in [5.41, 5.74) is 2.56. The minimum absolute atomic E-state index is 0.291. The molecule has 0 atom stereocenters. The molecule has 2 heteroatoms. The molecule has 2 rings (SSSR count). The molecule has 0 amide bonds. The topological polar surface area (TPSA) is 32.9 Å². The van der Waals surface area contributed by atoms with Gasteiger partial charge in [0, 0.05) is 23.5 Å². The molecular weight excluding hydrogens is 198 g/mol. The molecule has 84 valence electrons. The smallest absolute Gasteiger partial charge is 0.129 e. The fraction of sp³-hybridized carbons (Fsp3) is 0.357. The number of carbonyl (C=O) groups is 1. The van der Waals surface area contributed by atoms with Gasteiger partial charge >= 0.3 is 0 Å². The van der Waals surface area contributed by atoms with Crippen molar-refractivity contribution in [1.29, 1.82) is 0 Å². The molecule has 0 saturated heterocycles. The maximum Gasteiger partial charge on any atom is 0.129 e. The number of benzene rings is 1. The molecule has 0 unspecified atom stereocenters. The number of rotatable bonds is 5. The number of hydrogen-bond donors (Lipinski definition) is 1. The molecule has 2 nitrogen and oxygen atoms in total. The molecule has 1 aromatic heterocycles. The van der Waals surface area contributed by atoms with Crippen LogP contribution in [0.5, 0.6) is 0 Å². The first kappa shape index (κ1) is 10.9. The number of hydrogen-bond acceptors (Lipinski definition) is 1. The average molecular weight is 215 g/mol. The molecule has 0 fully saturated rings. The third-order valence-electron chi connectivity index (χ3n) is 2.90. The van der Waals surface area contributed by atoms with Crippen LogP contribution >= 0.6 is 0 Å². The zero-order chi connectivity index (χ0) is 11.4. The maximum absolute atomic E-state index is 10.8. The van der Waals surface area contributed by atoms with Crippen LogP contribution in [0.15, 0.2) is 30.5 Å². The SMILES string of the molecule is CC(=O)CCCCc1c[nH]c2ccccc12. The van der Waals surface area contributed by atoms with Crippen molar-refractivity contribution < 1.29 is 4.79 Å². The van der Waals surface area contributed by atoms with Gasteiger partial charge in [-0.25, -0.2) is 0 Å². The molecule has 0 bridgehead atoms. The van der Waals surface area contributed by atoms with Crippen LogP contribution in [-0.4, -0.2) is 10.8 Å². The summed E-state index contributed by atoms with van der Waals surface area (Å²) >= 11 is 0. The van der Waals surface area contributed by atoms with Crippen molar-refractivity contribution in [2.75, 3.05) is 0 Å². The number of Topliss-reactive ketones (excluding diaryl/α,β-unsaturated/α-hetero) is 1. The van der Waals surface area contributed by atoms with E-state index in [2.05, 4.69) is 29.4 Å². The Labute approximate surface area is 95.7 Å². The molecule has 0 aliphatic rings. The van der Waals surface area contributed by atoms with Crippen molar-refractivity contribution in [1.82, 2.24) is 4.98 Å². The van der Waals surface area contributed by atoms with Crippen LogP contribution in [-0.2, 0) is 11.2 Å². The number of ketones is 1. The van der Waals surface area contributed by atoms with Gasteiger partial charge in [-0.15, -0.1) is 0 Å². The molecule has 1 N–H and O–H groups in total. The van der Waals surface area contributed by atoms with E-state index in [4.69, 9.17) is 0 Å². The first-order valence-electron chi connectivity index (χ1n) is 5.82. The van der Waals surface area contributed by atoms with Gasteiger partial charge in [0.25, 0.3) is 0 Å². The number of para-hydroxylation sites is 1. The molecule has 0 radical (unpaired) electrons. The van der Waals surface area contributed by atoms with E-state index >= 15 is 0 Å². The Morgan fingerprint density at radius 3 is 2.88 bits per heavy atom. The van der Waals surface area contributed by atoms with Crippen LogP contribution in [0.25, 0.3) is 10.9 Å². The number of fused-ring (bicyclic) bond motifs is 1. The lowest BCUT2D eigenvalue weighted by molar-refractivity contribution is -0.117. The molecule has 1 aromatic carbocycles. The van der Waals surface area contributed by atoms with Crippen LogP contribution < -0.4 is 0 Å². The van der Waals surface area contributed by atoms with Crippen molar-refractivity contribution in [3.63, 3.8) is 0 Å². The highest BCUT2D eigenvalue weighted by Crippen LogP contribution is 2.19. The van der Waals surface area contributed by atoms with Crippen molar-refractivity contribution in [2.45, 2.75) is 32.6 Å². The molecule has 16 heavy (non-hydrogen) atoms. The van der Waals surface area contributed by atoms with Gasteiger partial charge in [-0.1, -0.05) is 18.2 Å². The van der Waals surface area contributed by atoms with Gasteiger partial charge in [-0.2, -0.15) is 0 Å². The summed E-state index contributed by atoms with van der Waals surface area (Å²) in [5.74, 6) is 0.291. The summed E-state index contributed by atoms with van der Waals surface area (Å²) in [6, 6.07) is 8.34. The van der Waals surface area contributed by atoms with Gasteiger partial charge in [0.05, 0.1) is 0 Å². The minimum atomic E-state index is 0.291. The summed E-state index contributed by atoms with van der Waals surface area (Å²) in [5, 5.41) is 1.31. The summed E-state index contributed by atoms with van der Waals surface area (Å²) in [4.78, 5) is 14.1. The van der Waals surface area contributed by atoms with Gasteiger partial charge in [0.2, 0.25) is 0 Å². The summed E-state index contributed by atoms with van der Waals surface area (Å²) in [7, 11) is 0. The molecule has 0 aliphatic heterocycles. The van der Waals surface area contributed by atoms with E-state index in [-0.39, 0.29) is 0 Å². The highest BCUT2D eigenvalue weighted by Gasteiger charge is 2.02. The minimum Gasteiger partial charge on any atom is -0.361 e. The van der Waals surface area contributed by atoms with E-state index in [0.29, 0.717) is 12.2 Å². The lowest BCUT2D eigenvalue weighted by atomic mass is 10.1. The monoisotopic (exact) mass is 215 g/mol. The standard InChI is InChI=1S/C14H17NO/c1-11(16)6-2-3-7-12-10-15-14-9-5-4-8-13(12)14/h4-5,8-10,15H,2-3,6-7H2,1H3. The van der Waals surface area contributed by atoms with Crippen molar-refractivity contribution in [2.24, 2.45) is 0 Å². The molecule has 2 aromatic rings. The van der Waals surface area contributed by atoms with Crippen molar-refractivity contribution >= 4 is 16.7 Å². The number of unbranched alkanes of at least 4 members (excludes halogenated alkanes) is 1. The van der Waals surface area contributed by atoms with E-state index in [1.165, 1.54) is 16.5 Å². The van der Waals surface area contributed by atoms with Crippen molar-refractivity contribution in [3.05, 3.63) is 36.0 Å². The Kier molecular flexibility index (Phi) is 3.40. The Bertz CT molecular complexity index is 484. The van der Waals surface area contributed by atoms with Gasteiger partial charge in [0.1, 0.15) is 5.78 Å². The predicted octanol–water partition coefficient (Wildman–Crippen LogP) is 3.47. The second kappa shape index (κ2) is 4.97. The highest BCUT2D eigenvalue weighted by atomic mass is 16.1. The third-order valence-corrected chi connectivity index (χ3v) is 2.90. The van der Waals surface area contributed by atoms with E-state index in [9.17, 15) is 4.79 Å². The average Bonchev–Trinajstić information content (AvgIpc) is 2.68. The zero-order valence-electron chi connectivity index (χ0n) is 9.62. The maximum atomic E-state index is 10.8. The van der Waals surface area contributed by atoms with Crippen LogP contribution in [0.3, 0.4) is 0 Å². The fourth-order valence-electron chi connectivity index (χ4n) is 2.03. The Morgan fingerprint density at radius 2 is 2.06 bits per heavy atom. The Balaban J connectivity index is 1.97. The van der Waals surface area contributed by atoms with E-state index < -0.39 is 0 Å². The van der Waals surface area contributed by atoms with Crippen molar-refractivity contribution in [3.8, 4) is 0 Å². The van der Waals surface area contributed by atoms with Gasteiger partial charge in [-0.3, -0.25) is 0 Å². The number of aromatic amines is 1. The lowest BCUT2D eigenvalue weighted by Gasteiger charge is -1.98. The number of aryl methyl sites for hydroxylation is 1. The van der Waals surface area contributed by atoms with Gasteiger partial charge < -0.3 is 9.78 Å². The number of nitrogens with one attached hydrogen (secondary N) is 1. The first-order chi connectivity index (χ1) is 7.77. The second-order valence-electron chi connectivity index (χ2n) is 4.27. The summed E-state index contributed by atoms with van der Waals surface area (Å²) < 4.78 is 0. The van der Waals surface area contributed by atoms with Crippen LogP contribution in [0, 0.1) is 0 Å². The fourth-order valence-corrected chi connectivity index (χ4v) is 2.03. The quantitative estimate of drug-likeness (QED) is 0.761. The van der Waals surface area contributed by atoms with Crippen LogP contribution in [0.1, 0.15) is 31.7 Å². The molecule has 0 aliphatic carbocycles. The van der Waals surface area contributed by atoms with Gasteiger partial charge in [0.15, 0.2) is 0 Å². The lowest BCUT2D eigenvalue weighted by Crippen LogP contribution is -1.91. The van der Waals surface area contributed by atoms with Crippen LogP contribution in [0.4, 0.5) is 0 Å². The molecule has 0 saturated carbocycles. The summed E-state index contributed by atoms with van der Waals surface area (Å²) in [6.07, 6.45) is 5.92. The molecular formula is C14H17NO.